The molecular formula is C24H21ClN2O6S. The number of hydrogen-bond acceptors (Lipinski definition) is 6. The maximum Gasteiger partial charge on any atom is 0.339 e. The number of benzene rings is 3. The SMILES string of the molecule is CCOC(=O)c1ccc(NC(=O)[C@H]2CN(S(=O)(=O)c3ccccc3)c3ccccc3O2)cc1Cl. The van der Waals surface area contributed by atoms with Crippen LogP contribution in [0.5, 0.6) is 5.75 Å². The first-order chi connectivity index (χ1) is 16.3. The van der Waals surface area contributed by atoms with Crippen molar-refractivity contribution < 1.29 is 27.5 Å². The van der Waals surface area contributed by atoms with Crippen LogP contribution in [0.25, 0.3) is 0 Å². The summed E-state index contributed by atoms with van der Waals surface area (Å²) in [7, 11) is -3.94. The molecule has 4 rings (SSSR count). The van der Waals surface area contributed by atoms with Crippen molar-refractivity contribution in [2.75, 3.05) is 22.8 Å². The van der Waals surface area contributed by atoms with Crippen LogP contribution in [0.3, 0.4) is 0 Å². The predicted molar refractivity (Wildman–Crippen MR) is 128 cm³/mol. The third-order valence-corrected chi connectivity index (χ3v) is 7.20. The summed E-state index contributed by atoms with van der Waals surface area (Å²) in [4.78, 5) is 25.1. The highest BCUT2D eigenvalue weighted by Crippen LogP contribution is 2.37. The summed E-state index contributed by atoms with van der Waals surface area (Å²) < 4.78 is 38.6. The van der Waals surface area contributed by atoms with Gasteiger partial charge in [-0.15, -0.1) is 0 Å². The number of nitrogens with zero attached hydrogens (tertiary/aromatic N) is 1. The fourth-order valence-corrected chi connectivity index (χ4v) is 5.23. The van der Waals surface area contributed by atoms with Crippen LogP contribution in [-0.4, -0.2) is 39.5 Å². The normalized spacial score (nSPS) is 15.1. The van der Waals surface area contributed by atoms with Gasteiger partial charge < -0.3 is 14.8 Å². The summed E-state index contributed by atoms with van der Waals surface area (Å²) in [6.45, 7) is 1.66. The van der Waals surface area contributed by atoms with Crippen LogP contribution in [0.4, 0.5) is 11.4 Å². The molecule has 1 heterocycles. The van der Waals surface area contributed by atoms with E-state index in [1.165, 1.54) is 34.6 Å². The van der Waals surface area contributed by atoms with Crippen LogP contribution < -0.4 is 14.4 Å². The van der Waals surface area contributed by atoms with Crippen molar-refractivity contribution in [1.29, 1.82) is 0 Å². The number of ether oxygens (including phenoxy) is 2. The molecule has 0 aromatic heterocycles. The van der Waals surface area contributed by atoms with Crippen LogP contribution in [0.1, 0.15) is 17.3 Å². The molecule has 34 heavy (non-hydrogen) atoms. The number of hydrogen-bond donors (Lipinski definition) is 1. The van der Waals surface area contributed by atoms with E-state index < -0.39 is 28.0 Å². The van der Waals surface area contributed by atoms with Gasteiger partial charge in [-0.25, -0.2) is 13.2 Å². The minimum atomic E-state index is -3.94. The number of para-hydroxylation sites is 2. The number of nitrogens with one attached hydrogen (secondary N) is 1. The quantitative estimate of drug-likeness (QED) is 0.511. The van der Waals surface area contributed by atoms with Crippen LogP contribution >= 0.6 is 11.6 Å². The zero-order chi connectivity index (χ0) is 24.3. The number of carbonyl (C=O) groups excluding carboxylic acids is 2. The lowest BCUT2D eigenvalue weighted by Gasteiger charge is -2.34. The van der Waals surface area contributed by atoms with E-state index in [0.717, 1.165) is 0 Å². The molecule has 0 radical (unpaired) electrons. The molecule has 0 spiro atoms. The van der Waals surface area contributed by atoms with Crippen molar-refractivity contribution in [3.63, 3.8) is 0 Å². The Morgan fingerprint density at radius 1 is 1.09 bits per heavy atom. The monoisotopic (exact) mass is 500 g/mol. The van der Waals surface area contributed by atoms with E-state index in [1.54, 1.807) is 49.4 Å². The van der Waals surface area contributed by atoms with Gasteiger partial charge in [0.15, 0.2) is 6.10 Å². The number of halogens is 1. The van der Waals surface area contributed by atoms with Gasteiger partial charge >= 0.3 is 5.97 Å². The summed E-state index contributed by atoms with van der Waals surface area (Å²) in [6.07, 6.45) is -1.13. The molecule has 1 amide bonds. The van der Waals surface area contributed by atoms with Gasteiger partial charge in [-0.05, 0) is 49.4 Å². The highest BCUT2D eigenvalue weighted by Gasteiger charge is 2.37. The van der Waals surface area contributed by atoms with Gasteiger partial charge in [0.05, 0.1) is 34.3 Å². The standard InChI is InChI=1S/C24H21ClN2O6S/c1-2-32-24(29)18-13-12-16(14-19(18)25)26-23(28)22-15-27(20-10-6-7-11-21(20)33-22)34(30,31)17-8-4-3-5-9-17/h3-14,22H,2,15H2,1H3,(H,26,28)/t22-/m1/s1. The third-order valence-electron chi connectivity index (χ3n) is 5.09. The highest BCUT2D eigenvalue weighted by atomic mass is 35.5. The molecule has 176 valence electrons. The first-order valence-electron chi connectivity index (χ1n) is 10.4. The van der Waals surface area contributed by atoms with Crippen molar-refractivity contribution in [1.82, 2.24) is 0 Å². The van der Waals surface area contributed by atoms with E-state index in [-0.39, 0.29) is 34.4 Å². The summed E-state index contributed by atoms with van der Waals surface area (Å²) in [6, 6.07) is 19.0. The Morgan fingerprint density at radius 3 is 2.50 bits per heavy atom. The van der Waals surface area contributed by atoms with Gasteiger partial charge in [-0.3, -0.25) is 9.10 Å². The average Bonchev–Trinajstić information content (AvgIpc) is 2.84. The molecule has 1 atom stereocenters. The Hall–Kier alpha value is -3.56. The Labute approximate surface area is 202 Å². The van der Waals surface area contributed by atoms with Gasteiger partial charge in [0.25, 0.3) is 15.9 Å². The van der Waals surface area contributed by atoms with Gasteiger partial charge in [0.2, 0.25) is 0 Å². The van der Waals surface area contributed by atoms with Crippen LogP contribution in [0, 0.1) is 0 Å². The number of carbonyl (C=O) groups is 2. The maximum atomic E-state index is 13.4. The predicted octanol–water partition coefficient (Wildman–Crippen LogP) is 4.11. The average molecular weight is 501 g/mol. The Morgan fingerprint density at radius 2 is 1.79 bits per heavy atom. The number of anilines is 2. The van der Waals surface area contributed by atoms with Gasteiger partial charge in [0.1, 0.15) is 5.75 Å². The Kier molecular flexibility index (Phi) is 6.76. The fraction of sp³-hybridized carbons (Fsp3) is 0.167. The fourth-order valence-electron chi connectivity index (χ4n) is 3.48. The Balaban J connectivity index is 1.59. The number of fused-ring (bicyclic) bond motifs is 1. The lowest BCUT2D eigenvalue weighted by atomic mass is 10.2. The molecule has 0 aliphatic carbocycles. The molecule has 0 saturated heterocycles. The van der Waals surface area contributed by atoms with Crippen molar-refractivity contribution in [3.05, 3.63) is 83.4 Å². The summed E-state index contributed by atoms with van der Waals surface area (Å²) >= 11 is 6.18. The molecule has 0 bridgehead atoms. The first kappa shape index (κ1) is 23.6. The van der Waals surface area contributed by atoms with Crippen molar-refractivity contribution in [2.45, 2.75) is 17.9 Å². The minimum Gasteiger partial charge on any atom is -0.476 e. The molecular weight excluding hydrogens is 480 g/mol. The topological polar surface area (TPSA) is 102 Å². The van der Waals surface area contributed by atoms with Gasteiger partial charge in [-0.2, -0.15) is 0 Å². The van der Waals surface area contributed by atoms with E-state index in [9.17, 15) is 18.0 Å². The summed E-state index contributed by atoms with van der Waals surface area (Å²) in [5, 5.41) is 2.78. The zero-order valence-corrected chi connectivity index (χ0v) is 19.7. The second-order valence-corrected chi connectivity index (χ2v) is 9.60. The van der Waals surface area contributed by atoms with Crippen LogP contribution in [0.15, 0.2) is 77.7 Å². The number of amides is 1. The molecule has 1 aliphatic rings. The zero-order valence-electron chi connectivity index (χ0n) is 18.1. The van der Waals surface area contributed by atoms with E-state index >= 15 is 0 Å². The number of rotatable bonds is 6. The molecule has 8 nitrogen and oxygen atoms in total. The molecule has 0 fully saturated rings. The molecule has 1 N–H and O–H groups in total. The first-order valence-corrected chi connectivity index (χ1v) is 12.2. The Bertz CT molecular complexity index is 1330. The van der Waals surface area contributed by atoms with E-state index in [0.29, 0.717) is 11.4 Å². The molecule has 0 saturated carbocycles. The molecule has 10 heteroatoms. The molecule has 3 aromatic carbocycles. The van der Waals surface area contributed by atoms with Crippen molar-refractivity contribution in [3.8, 4) is 5.75 Å². The molecule has 1 aliphatic heterocycles. The highest BCUT2D eigenvalue weighted by molar-refractivity contribution is 7.92. The second-order valence-electron chi connectivity index (χ2n) is 7.33. The summed E-state index contributed by atoms with van der Waals surface area (Å²) in [5.41, 5.74) is 0.838. The minimum absolute atomic E-state index is 0.104. The lowest BCUT2D eigenvalue weighted by Crippen LogP contribution is -2.48. The smallest absolute Gasteiger partial charge is 0.339 e. The van der Waals surface area contributed by atoms with E-state index in [4.69, 9.17) is 21.1 Å². The largest absolute Gasteiger partial charge is 0.476 e. The molecule has 3 aromatic rings. The second kappa shape index (κ2) is 9.74. The third kappa shape index (κ3) is 4.71. The van der Waals surface area contributed by atoms with E-state index in [1.807, 2.05) is 0 Å². The van der Waals surface area contributed by atoms with Gasteiger partial charge in [-0.1, -0.05) is 41.9 Å². The van der Waals surface area contributed by atoms with Crippen LogP contribution in [-0.2, 0) is 19.6 Å². The lowest BCUT2D eigenvalue weighted by molar-refractivity contribution is -0.122. The van der Waals surface area contributed by atoms with Crippen molar-refractivity contribution >= 4 is 44.9 Å². The number of esters is 1. The number of sulfonamides is 1. The maximum absolute atomic E-state index is 13.4. The van der Waals surface area contributed by atoms with Gasteiger partial charge in [0, 0.05) is 5.69 Å². The van der Waals surface area contributed by atoms with Crippen molar-refractivity contribution in [2.24, 2.45) is 0 Å². The van der Waals surface area contributed by atoms with Crippen LogP contribution in [0.2, 0.25) is 5.02 Å². The summed E-state index contributed by atoms with van der Waals surface area (Å²) in [5.74, 6) is -0.869. The molecule has 0 unspecified atom stereocenters. The van der Waals surface area contributed by atoms with E-state index in [2.05, 4.69) is 5.32 Å².